The first kappa shape index (κ1) is 31.5. The summed E-state index contributed by atoms with van der Waals surface area (Å²) >= 11 is 15.6. The molecule has 1 aliphatic heterocycles. The molecule has 0 aliphatic carbocycles. The lowest BCUT2D eigenvalue weighted by Crippen LogP contribution is -2.64. The first-order chi connectivity index (χ1) is 17.6. The van der Waals surface area contributed by atoms with E-state index in [0.29, 0.717) is 34.9 Å². The van der Waals surface area contributed by atoms with Crippen LogP contribution in [0.25, 0.3) is 6.08 Å². The number of alkyl halides is 1. The Labute approximate surface area is 237 Å². The largest absolute Gasteiger partial charge is 0.489 e. The Bertz CT molecular complexity index is 1080. The number of rotatable bonds is 11. The van der Waals surface area contributed by atoms with Gasteiger partial charge in [-0.3, -0.25) is 4.90 Å². The number of allylic oxidation sites excluding steroid dienone is 1. The number of nitriles is 1. The van der Waals surface area contributed by atoms with Crippen molar-refractivity contribution in [2.75, 3.05) is 39.2 Å². The molecule has 1 heterocycles. The highest BCUT2D eigenvalue weighted by atomic mass is 35.5. The number of halogens is 2. The van der Waals surface area contributed by atoms with Gasteiger partial charge >= 0.3 is 0 Å². The third kappa shape index (κ3) is 10.9. The van der Waals surface area contributed by atoms with E-state index in [0.717, 1.165) is 44.5 Å². The Hall–Kier alpha value is -1.76. The summed E-state index contributed by atoms with van der Waals surface area (Å²) in [4.78, 5) is 2.39. The van der Waals surface area contributed by atoms with Gasteiger partial charge in [-0.25, -0.2) is 0 Å². The van der Waals surface area contributed by atoms with E-state index in [2.05, 4.69) is 73.4 Å². The van der Waals surface area contributed by atoms with Crippen LogP contribution in [0.2, 0.25) is 5.02 Å². The molecule has 0 bridgehead atoms. The van der Waals surface area contributed by atoms with Crippen molar-refractivity contribution in [2.24, 2.45) is 0 Å². The molecule has 2 aromatic rings. The second-order valence-corrected chi connectivity index (χ2v) is 10.9. The number of aryl methyl sites for hydroxylation is 2. The number of nitrogens with zero attached hydrogens (tertiary/aromatic N) is 3. The van der Waals surface area contributed by atoms with Gasteiger partial charge in [0.15, 0.2) is 5.75 Å². The van der Waals surface area contributed by atoms with Crippen LogP contribution in [0.3, 0.4) is 0 Å². The van der Waals surface area contributed by atoms with Crippen LogP contribution in [0.5, 0.6) is 5.75 Å². The number of likely N-dealkylation sites (tertiary alicyclic amines) is 1. The lowest BCUT2D eigenvalue weighted by molar-refractivity contribution is -1.01. The monoisotopic (exact) mass is 565 g/mol. The summed E-state index contributed by atoms with van der Waals surface area (Å²) in [6, 6.07) is 12.8. The molecule has 202 valence electrons. The van der Waals surface area contributed by atoms with Crippen LogP contribution >= 0.6 is 36.0 Å². The smallest absolute Gasteiger partial charge is 0.155 e. The maximum absolute atomic E-state index is 9.52. The minimum Gasteiger partial charge on any atom is -0.489 e. The highest BCUT2D eigenvalue weighted by Gasteiger charge is 2.31. The van der Waals surface area contributed by atoms with E-state index in [1.54, 1.807) is 7.05 Å². The Morgan fingerprint density at radius 3 is 2.59 bits per heavy atom. The molecule has 9 heteroatoms. The van der Waals surface area contributed by atoms with Crippen LogP contribution in [-0.2, 0) is 12.8 Å². The summed E-state index contributed by atoms with van der Waals surface area (Å²) in [5.74, 6) is 0.808. The summed E-state index contributed by atoms with van der Waals surface area (Å²) in [5, 5.41) is 19.0. The highest BCUT2D eigenvalue weighted by molar-refractivity contribution is 7.74. The topological polar surface area (TPSA) is 68.5 Å². The van der Waals surface area contributed by atoms with Gasteiger partial charge in [0.25, 0.3) is 0 Å². The molecule has 0 radical (unpaired) electrons. The lowest BCUT2D eigenvalue weighted by atomic mass is 10.0. The van der Waals surface area contributed by atoms with E-state index in [9.17, 15) is 5.21 Å². The predicted molar refractivity (Wildman–Crippen MR) is 156 cm³/mol. The Morgan fingerprint density at radius 2 is 2.00 bits per heavy atom. The molecule has 2 N–H and O–H groups in total. The molecule has 1 saturated heterocycles. The first-order valence-corrected chi connectivity index (χ1v) is 13.9. The first-order valence-electron chi connectivity index (χ1n) is 12.6. The second-order valence-electron chi connectivity index (χ2n) is 9.29. The van der Waals surface area contributed by atoms with Crippen molar-refractivity contribution in [1.29, 1.82) is 5.26 Å². The molecule has 6 nitrogen and oxygen atoms in total. The molecule has 2 aromatic carbocycles. The third-order valence-corrected chi connectivity index (χ3v) is 6.43. The molecule has 3 rings (SSSR count). The lowest BCUT2D eigenvalue weighted by Gasteiger charge is -2.40. The number of quaternary nitrogens is 1. The fourth-order valence-electron chi connectivity index (χ4n) is 4.12. The van der Waals surface area contributed by atoms with Crippen molar-refractivity contribution < 1.29 is 14.1 Å². The van der Waals surface area contributed by atoms with Crippen LogP contribution in [0.4, 0.5) is 0 Å². The van der Waals surface area contributed by atoms with Gasteiger partial charge in [-0.1, -0.05) is 59.5 Å². The number of benzene rings is 2. The van der Waals surface area contributed by atoms with E-state index >= 15 is 0 Å². The number of nitrogens with one attached hydrogen (secondary N) is 1. The molecule has 1 unspecified atom stereocenters. The van der Waals surface area contributed by atoms with Crippen molar-refractivity contribution >= 4 is 42.1 Å². The van der Waals surface area contributed by atoms with Gasteiger partial charge in [0.1, 0.15) is 32.5 Å². The van der Waals surface area contributed by atoms with E-state index in [-0.39, 0.29) is 0 Å². The third-order valence-electron chi connectivity index (χ3n) is 5.88. The number of ether oxygens (including phenoxy) is 1. The van der Waals surface area contributed by atoms with Crippen molar-refractivity contribution in [3.63, 3.8) is 0 Å². The molecule has 37 heavy (non-hydrogen) atoms. The fourth-order valence-corrected chi connectivity index (χ4v) is 4.66. The molecule has 1 aliphatic rings. The van der Waals surface area contributed by atoms with Gasteiger partial charge in [0, 0.05) is 19.6 Å². The van der Waals surface area contributed by atoms with Crippen molar-refractivity contribution in [3.05, 3.63) is 69.2 Å². The van der Waals surface area contributed by atoms with Crippen LogP contribution in [0, 0.1) is 18.3 Å². The molecule has 0 aromatic heterocycles. The summed E-state index contributed by atoms with van der Waals surface area (Å²) in [6.07, 6.45) is 7.23. The molecule has 0 saturated carbocycles. The van der Waals surface area contributed by atoms with Gasteiger partial charge in [-0.05, 0) is 61.1 Å². The van der Waals surface area contributed by atoms with Crippen LogP contribution in [0.15, 0.2) is 36.4 Å². The maximum atomic E-state index is 9.52. The average Bonchev–Trinajstić information content (AvgIpc) is 2.81. The minimum absolute atomic E-state index is 0.314. The normalized spacial score (nSPS) is 15.4. The van der Waals surface area contributed by atoms with Crippen LogP contribution < -0.4 is 10.2 Å². The van der Waals surface area contributed by atoms with Crippen molar-refractivity contribution in [3.8, 4) is 11.8 Å². The number of hydrogen-bond donors (Lipinski definition) is 3. The summed E-state index contributed by atoms with van der Waals surface area (Å²) < 4.78 is 4.89. The molecule has 1 fully saturated rings. The SMILES string of the molecule is C/C=C\c1cc(CCN2CC(N[N+](C)(O)S)C2)ccc1C.CCCc1cc(Cl)c(OCCCl)c(C#N)c1. The Morgan fingerprint density at radius 1 is 1.27 bits per heavy atom. The molecule has 1 atom stereocenters. The zero-order chi connectivity index (χ0) is 27.4. The van der Waals surface area contributed by atoms with Crippen LogP contribution in [0.1, 0.15) is 48.1 Å². The van der Waals surface area contributed by atoms with Crippen LogP contribution in [-0.4, -0.2) is 59.5 Å². The predicted octanol–water partition coefficient (Wildman–Crippen LogP) is 6.22. The Kier molecular flexibility index (Phi) is 13.3. The second kappa shape index (κ2) is 15.6. The number of hydroxylamine groups is 1. The van der Waals surface area contributed by atoms with Gasteiger partial charge in [0.2, 0.25) is 0 Å². The van der Waals surface area contributed by atoms with E-state index < -0.39 is 4.16 Å². The van der Waals surface area contributed by atoms with E-state index in [1.807, 2.05) is 19.1 Å². The zero-order valence-corrected chi connectivity index (χ0v) is 24.6. The summed E-state index contributed by atoms with van der Waals surface area (Å²) in [7, 11) is 1.60. The molecule has 0 amide bonds. The van der Waals surface area contributed by atoms with Crippen molar-refractivity contribution in [1.82, 2.24) is 10.3 Å². The van der Waals surface area contributed by atoms with Crippen molar-refractivity contribution in [2.45, 2.75) is 46.1 Å². The molecule has 0 spiro atoms. The van der Waals surface area contributed by atoms with Gasteiger partial charge in [0.05, 0.1) is 22.5 Å². The van der Waals surface area contributed by atoms with E-state index in [1.165, 1.54) is 16.7 Å². The van der Waals surface area contributed by atoms with Gasteiger partial charge in [-0.15, -0.1) is 17.0 Å². The minimum atomic E-state index is -0.469. The zero-order valence-electron chi connectivity index (χ0n) is 22.2. The summed E-state index contributed by atoms with van der Waals surface area (Å²) in [5.41, 5.74) is 8.56. The quantitative estimate of drug-likeness (QED) is 0.130. The molecular formula is C28H39Cl2N4O2S+. The van der Waals surface area contributed by atoms with E-state index in [4.69, 9.17) is 33.2 Å². The fraction of sp³-hybridized carbons (Fsp3) is 0.464. The summed E-state index contributed by atoms with van der Waals surface area (Å²) in [6.45, 7) is 9.60. The standard InChI is InChI=1S/C16H26N3OS.C12H13Cl2NO/c1-4-5-15-10-14(7-6-13(15)2)8-9-18-11-16(12-18)17-19(3,20)21;1-2-3-9-6-10(8-15)12(11(14)7-9)16-5-4-13/h4-7,10,16-17,20-21H,8-9,11-12H2,1-3H3;6-7H,2-5H2,1H3/q+1;/b5-4-;. The Balaban J connectivity index is 0.000000271. The highest BCUT2D eigenvalue weighted by Crippen LogP contribution is 2.30. The van der Waals surface area contributed by atoms with Gasteiger partial charge < -0.3 is 4.74 Å². The van der Waals surface area contributed by atoms with Gasteiger partial charge in [-0.2, -0.15) is 10.5 Å². The maximum Gasteiger partial charge on any atom is 0.155 e. The molecular weight excluding hydrogens is 527 g/mol. The average molecular weight is 567 g/mol. The number of hydrogen-bond acceptors (Lipinski definition) is 6. The number of thiol groups is 1.